The van der Waals surface area contributed by atoms with E-state index in [-0.39, 0.29) is 17.1 Å². The van der Waals surface area contributed by atoms with Crippen LogP contribution in [0.2, 0.25) is 0 Å². The summed E-state index contributed by atoms with van der Waals surface area (Å²) in [5.41, 5.74) is 8.74. The molecule has 0 spiro atoms. The van der Waals surface area contributed by atoms with Crippen molar-refractivity contribution < 1.29 is 9.53 Å². The number of benzene rings is 1. The van der Waals surface area contributed by atoms with Crippen molar-refractivity contribution in [1.82, 2.24) is 0 Å². The lowest BCUT2D eigenvalue weighted by molar-refractivity contribution is -0.119. The molecular formula is C19H20N2O2. The number of hydrogen-bond acceptors (Lipinski definition) is 4. The van der Waals surface area contributed by atoms with Crippen molar-refractivity contribution in [3.8, 4) is 6.07 Å². The lowest BCUT2D eigenvalue weighted by atomic mass is 9.70. The van der Waals surface area contributed by atoms with Crippen LogP contribution in [-0.4, -0.2) is 5.78 Å². The molecule has 1 atom stereocenters. The van der Waals surface area contributed by atoms with E-state index >= 15 is 0 Å². The Morgan fingerprint density at radius 3 is 2.65 bits per heavy atom. The van der Waals surface area contributed by atoms with E-state index < -0.39 is 5.92 Å². The Hall–Kier alpha value is -2.54. The monoisotopic (exact) mass is 308 g/mol. The van der Waals surface area contributed by atoms with Crippen molar-refractivity contribution in [2.24, 2.45) is 11.1 Å². The van der Waals surface area contributed by atoms with Gasteiger partial charge >= 0.3 is 0 Å². The van der Waals surface area contributed by atoms with Gasteiger partial charge in [0.1, 0.15) is 17.4 Å². The average Bonchev–Trinajstić information content (AvgIpc) is 2.45. The summed E-state index contributed by atoms with van der Waals surface area (Å²) in [5.74, 6) is 0.360. The summed E-state index contributed by atoms with van der Waals surface area (Å²) in [6, 6.07) is 9.94. The first kappa shape index (κ1) is 15.4. The standard InChI is InChI=1S/C19H20N2O2/c1-11-6-4-5-7-12(11)16-13(10-20)18(21)23-15-9-19(2,3)8-14(22)17(15)16/h4-7,16H,8-9,21H2,1-3H3/t16-/m0/s1. The minimum absolute atomic E-state index is 0.0461. The van der Waals surface area contributed by atoms with E-state index in [1.165, 1.54) is 0 Å². The molecule has 4 heteroatoms. The molecule has 1 aromatic rings. The van der Waals surface area contributed by atoms with Crippen molar-refractivity contribution >= 4 is 5.78 Å². The van der Waals surface area contributed by atoms with E-state index in [1.807, 2.05) is 45.0 Å². The van der Waals surface area contributed by atoms with Gasteiger partial charge in [-0.05, 0) is 23.5 Å². The molecule has 4 nitrogen and oxygen atoms in total. The van der Waals surface area contributed by atoms with Crippen molar-refractivity contribution in [2.45, 2.75) is 39.5 Å². The molecule has 1 aliphatic carbocycles. The summed E-state index contributed by atoms with van der Waals surface area (Å²) in [5, 5.41) is 9.56. The van der Waals surface area contributed by atoms with Gasteiger partial charge in [-0.15, -0.1) is 0 Å². The Morgan fingerprint density at radius 1 is 1.30 bits per heavy atom. The molecule has 118 valence electrons. The molecule has 0 bridgehead atoms. The third kappa shape index (κ3) is 2.53. The third-order valence-electron chi connectivity index (χ3n) is 4.57. The number of nitriles is 1. The fourth-order valence-electron chi connectivity index (χ4n) is 3.51. The maximum atomic E-state index is 12.8. The summed E-state index contributed by atoms with van der Waals surface area (Å²) >= 11 is 0. The van der Waals surface area contributed by atoms with Crippen molar-refractivity contribution in [3.63, 3.8) is 0 Å². The fraction of sp³-hybridized carbons (Fsp3) is 0.368. The number of carbonyl (C=O) groups is 1. The lowest BCUT2D eigenvalue weighted by Gasteiger charge is -2.37. The van der Waals surface area contributed by atoms with Gasteiger partial charge in [-0.25, -0.2) is 0 Å². The van der Waals surface area contributed by atoms with E-state index in [1.54, 1.807) is 0 Å². The molecule has 1 aromatic carbocycles. The van der Waals surface area contributed by atoms with Gasteiger partial charge in [0.2, 0.25) is 5.88 Å². The third-order valence-corrected chi connectivity index (χ3v) is 4.57. The van der Waals surface area contributed by atoms with Gasteiger partial charge in [0.05, 0.1) is 5.92 Å². The normalized spacial score (nSPS) is 23.2. The first-order chi connectivity index (χ1) is 10.8. The molecule has 1 aliphatic heterocycles. The number of nitrogens with two attached hydrogens (primary N) is 1. The predicted octanol–water partition coefficient (Wildman–Crippen LogP) is 3.45. The van der Waals surface area contributed by atoms with Gasteiger partial charge in [-0.2, -0.15) is 5.26 Å². The fourth-order valence-corrected chi connectivity index (χ4v) is 3.51. The maximum absolute atomic E-state index is 12.8. The van der Waals surface area contributed by atoms with Crippen molar-refractivity contribution in [1.29, 1.82) is 5.26 Å². The summed E-state index contributed by atoms with van der Waals surface area (Å²) in [7, 11) is 0. The molecule has 2 aliphatic rings. The molecule has 0 amide bonds. The van der Waals surface area contributed by atoms with Gasteiger partial charge in [-0.3, -0.25) is 4.79 Å². The molecule has 0 aromatic heterocycles. The minimum atomic E-state index is -0.423. The van der Waals surface area contributed by atoms with Crippen LogP contribution in [0, 0.1) is 23.7 Å². The van der Waals surface area contributed by atoms with Crippen molar-refractivity contribution in [2.75, 3.05) is 0 Å². The number of nitrogens with zero attached hydrogens (tertiary/aromatic N) is 1. The summed E-state index contributed by atoms with van der Waals surface area (Å²) in [4.78, 5) is 12.8. The van der Waals surface area contributed by atoms with E-state index in [9.17, 15) is 10.1 Å². The average molecular weight is 308 g/mol. The van der Waals surface area contributed by atoms with Gasteiger partial charge in [0.15, 0.2) is 5.78 Å². The first-order valence-corrected chi connectivity index (χ1v) is 7.73. The second kappa shape index (κ2) is 5.27. The van der Waals surface area contributed by atoms with Crippen LogP contribution in [0.5, 0.6) is 0 Å². The molecule has 0 saturated heterocycles. The number of ether oxygens (including phenoxy) is 1. The van der Waals surface area contributed by atoms with Crippen LogP contribution >= 0.6 is 0 Å². The Balaban J connectivity index is 2.22. The van der Waals surface area contributed by atoms with E-state index in [0.29, 0.717) is 29.7 Å². The number of carbonyl (C=O) groups excluding carboxylic acids is 1. The second-order valence-corrected chi connectivity index (χ2v) is 7.06. The highest BCUT2D eigenvalue weighted by Gasteiger charge is 2.43. The van der Waals surface area contributed by atoms with E-state index in [4.69, 9.17) is 10.5 Å². The quantitative estimate of drug-likeness (QED) is 0.862. The Bertz CT molecular complexity index is 794. The summed E-state index contributed by atoms with van der Waals surface area (Å²) in [6.45, 7) is 6.06. The molecule has 0 unspecified atom stereocenters. The number of aryl methyl sites for hydroxylation is 1. The van der Waals surface area contributed by atoms with Crippen LogP contribution in [-0.2, 0) is 9.53 Å². The second-order valence-electron chi connectivity index (χ2n) is 7.06. The van der Waals surface area contributed by atoms with Crippen molar-refractivity contribution in [3.05, 3.63) is 58.2 Å². The highest BCUT2D eigenvalue weighted by molar-refractivity contribution is 6.00. The van der Waals surface area contributed by atoms with Crippen LogP contribution in [0.25, 0.3) is 0 Å². The molecule has 1 heterocycles. The molecule has 0 fully saturated rings. The predicted molar refractivity (Wildman–Crippen MR) is 86.9 cm³/mol. The highest BCUT2D eigenvalue weighted by atomic mass is 16.5. The highest BCUT2D eigenvalue weighted by Crippen LogP contribution is 2.48. The van der Waals surface area contributed by atoms with Crippen LogP contribution in [0.15, 0.2) is 47.1 Å². The Morgan fingerprint density at radius 2 is 2.00 bits per heavy atom. The van der Waals surface area contributed by atoms with Gasteiger partial charge < -0.3 is 10.5 Å². The zero-order chi connectivity index (χ0) is 16.8. The minimum Gasteiger partial charge on any atom is -0.444 e. The van der Waals surface area contributed by atoms with Crippen LogP contribution in [0.3, 0.4) is 0 Å². The molecule has 0 radical (unpaired) electrons. The zero-order valence-corrected chi connectivity index (χ0v) is 13.6. The van der Waals surface area contributed by atoms with Crippen LogP contribution in [0.1, 0.15) is 43.7 Å². The Kier molecular flexibility index (Phi) is 3.52. The molecule has 3 rings (SSSR count). The maximum Gasteiger partial charge on any atom is 0.205 e. The van der Waals surface area contributed by atoms with Gasteiger partial charge in [0, 0.05) is 18.4 Å². The van der Waals surface area contributed by atoms with E-state index in [0.717, 1.165) is 11.1 Å². The van der Waals surface area contributed by atoms with Crippen LogP contribution in [0.4, 0.5) is 0 Å². The Labute approximate surface area is 136 Å². The summed E-state index contributed by atoms with van der Waals surface area (Å²) < 4.78 is 5.69. The SMILES string of the molecule is Cc1ccccc1[C@H]1C(C#N)=C(N)OC2=C1C(=O)CC(C)(C)C2. The lowest BCUT2D eigenvalue weighted by Crippen LogP contribution is -2.33. The smallest absolute Gasteiger partial charge is 0.205 e. The van der Waals surface area contributed by atoms with E-state index in [2.05, 4.69) is 6.07 Å². The molecule has 0 saturated carbocycles. The molecule has 2 N–H and O–H groups in total. The van der Waals surface area contributed by atoms with Gasteiger partial charge in [-0.1, -0.05) is 38.1 Å². The summed E-state index contributed by atoms with van der Waals surface area (Å²) in [6.07, 6.45) is 1.10. The number of Topliss-reactive ketones (excluding diaryl/α,β-unsaturated/α-hetero) is 1. The number of allylic oxidation sites excluding steroid dienone is 3. The largest absolute Gasteiger partial charge is 0.444 e. The molecular weight excluding hydrogens is 288 g/mol. The van der Waals surface area contributed by atoms with Gasteiger partial charge in [0.25, 0.3) is 0 Å². The van der Waals surface area contributed by atoms with Crippen LogP contribution < -0.4 is 5.73 Å². The number of ketones is 1. The number of hydrogen-bond donors (Lipinski definition) is 1. The number of rotatable bonds is 1. The zero-order valence-electron chi connectivity index (χ0n) is 13.6. The topological polar surface area (TPSA) is 76.1 Å². The molecule has 23 heavy (non-hydrogen) atoms. The first-order valence-electron chi connectivity index (χ1n) is 7.73.